The number of hydrogen-bond acceptors (Lipinski definition) is 2. The zero-order chi connectivity index (χ0) is 15.1. The standard InChI is InChI=1S/C18H27NO2/c1-2-15-10-12-17(13-11-15)19(14-6-9-18(20)21)16-7-4-3-5-8-16/h3-5,7-8,15,17H,2,6,9-14H2,1H3,(H,20,21). The Hall–Kier alpha value is -1.51. The fourth-order valence-electron chi connectivity index (χ4n) is 3.41. The van der Waals surface area contributed by atoms with Gasteiger partial charge in [0.25, 0.3) is 0 Å². The van der Waals surface area contributed by atoms with Crippen LogP contribution in [0.5, 0.6) is 0 Å². The molecule has 1 saturated carbocycles. The highest BCUT2D eigenvalue weighted by molar-refractivity contribution is 5.66. The highest BCUT2D eigenvalue weighted by atomic mass is 16.4. The molecular weight excluding hydrogens is 262 g/mol. The fourth-order valence-corrected chi connectivity index (χ4v) is 3.41. The van der Waals surface area contributed by atoms with E-state index in [2.05, 4.69) is 36.1 Å². The highest BCUT2D eigenvalue weighted by Crippen LogP contribution is 2.32. The van der Waals surface area contributed by atoms with Gasteiger partial charge in [-0.15, -0.1) is 0 Å². The number of carboxylic acids is 1. The first-order chi connectivity index (χ1) is 10.2. The Labute approximate surface area is 128 Å². The fraction of sp³-hybridized carbons (Fsp3) is 0.611. The van der Waals surface area contributed by atoms with Gasteiger partial charge in [0.05, 0.1) is 0 Å². The second-order valence-electron chi connectivity index (χ2n) is 6.11. The number of anilines is 1. The molecule has 1 aromatic carbocycles. The molecular formula is C18H27NO2. The first-order valence-electron chi connectivity index (χ1n) is 8.24. The second kappa shape index (κ2) is 8.06. The van der Waals surface area contributed by atoms with E-state index in [1.54, 1.807) is 0 Å². The summed E-state index contributed by atoms with van der Waals surface area (Å²) in [6, 6.07) is 11.0. The summed E-state index contributed by atoms with van der Waals surface area (Å²) in [5.74, 6) is 0.190. The van der Waals surface area contributed by atoms with Crippen LogP contribution in [0.15, 0.2) is 30.3 Å². The van der Waals surface area contributed by atoms with Crippen molar-refractivity contribution in [2.45, 2.75) is 57.9 Å². The van der Waals surface area contributed by atoms with Gasteiger partial charge in [-0.3, -0.25) is 4.79 Å². The van der Waals surface area contributed by atoms with Gasteiger partial charge in [0.1, 0.15) is 0 Å². The summed E-state index contributed by atoms with van der Waals surface area (Å²) in [6.45, 7) is 3.13. The molecule has 1 aliphatic rings. The van der Waals surface area contributed by atoms with Crippen molar-refractivity contribution in [1.29, 1.82) is 0 Å². The Morgan fingerprint density at radius 2 is 1.86 bits per heavy atom. The Balaban J connectivity index is 2.00. The molecule has 1 aromatic rings. The monoisotopic (exact) mass is 289 g/mol. The molecule has 1 aliphatic carbocycles. The quantitative estimate of drug-likeness (QED) is 0.812. The lowest BCUT2D eigenvalue weighted by Crippen LogP contribution is -2.39. The predicted octanol–water partition coefficient (Wildman–Crippen LogP) is 4.33. The van der Waals surface area contributed by atoms with E-state index >= 15 is 0 Å². The number of benzene rings is 1. The molecule has 0 amide bonds. The van der Waals surface area contributed by atoms with Crippen LogP contribution in [0.2, 0.25) is 0 Å². The predicted molar refractivity (Wildman–Crippen MR) is 86.7 cm³/mol. The molecule has 0 unspecified atom stereocenters. The summed E-state index contributed by atoms with van der Waals surface area (Å²) >= 11 is 0. The maximum atomic E-state index is 10.8. The molecule has 1 N–H and O–H groups in total. The maximum absolute atomic E-state index is 10.8. The molecule has 0 bridgehead atoms. The van der Waals surface area contributed by atoms with Gasteiger partial charge in [-0.05, 0) is 50.2 Å². The van der Waals surface area contributed by atoms with Gasteiger partial charge in [0.15, 0.2) is 0 Å². The van der Waals surface area contributed by atoms with Crippen molar-refractivity contribution >= 4 is 11.7 Å². The van der Waals surface area contributed by atoms with Crippen LogP contribution < -0.4 is 4.90 Å². The molecule has 0 radical (unpaired) electrons. The van der Waals surface area contributed by atoms with Crippen LogP contribution in [0.3, 0.4) is 0 Å². The van der Waals surface area contributed by atoms with E-state index in [1.807, 2.05) is 6.07 Å². The van der Waals surface area contributed by atoms with Gasteiger partial charge in [-0.25, -0.2) is 0 Å². The molecule has 21 heavy (non-hydrogen) atoms. The van der Waals surface area contributed by atoms with Crippen LogP contribution in [0.4, 0.5) is 5.69 Å². The molecule has 2 rings (SSSR count). The minimum atomic E-state index is -0.697. The lowest BCUT2D eigenvalue weighted by molar-refractivity contribution is -0.137. The molecule has 0 aromatic heterocycles. The smallest absolute Gasteiger partial charge is 0.303 e. The van der Waals surface area contributed by atoms with Crippen LogP contribution in [0, 0.1) is 5.92 Å². The van der Waals surface area contributed by atoms with Gasteiger partial charge < -0.3 is 10.0 Å². The van der Waals surface area contributed by atoms with E-state index in [9.17, 15) is 4.79 Å². The lowest BCUT2D eigenvalue weighted by atomic mass is 9.83. The Bertz CT molecular complexity index is 424. The van der Waals surface area contributed by atoms with Gasteiger partial charge in [0, 0.05) is 24.7 Å². The first kappa shape index (κ1) is 15.9. The minimum Gasteiger partial charge on any atom is -0.481 e. The summed E-state index contributed by atoms with van der Waals surface area (Å²) in [6.07, 6.45) is 7.36. The normalized spacial score (nSPS) is 22.0. The third-order valence-electron chi connectivity index (χ3n) is 4.71. The van der Waals surface area contributed by atoms with Crippen molar-refractivity contribution in [2.24, 2.45) is 5.92 Å². The summed E-state index contributed by atoms with van der Waals surface area (Å²) in [5.41, 5.74) is 1.24. The SMILES string of the molecule is CCC1CCC(N(CCCC(=O)O)c2ccccc2)CC1. The van der Waals surface area contributed by atoms with E-state index in [0.29, 0.717) is 6.04 Å². The molecule has 3 nitrogen and oxygen atoms in total. The Kier molecular flexibility index (Phi) is 6.09. The van der Waals surface area contributed by atoms with Crippen molar-refractivity contribution in [1.82, 2.24) is 0 Å². The van der Waals surface area contributed by atoms with Crippen molar-refractivity contribution < 1.29 is 9.90 Å². The zero-order valence-corrected chi connectivity index (χ0v) is 13.0. The summed E-state index contributed by atoms with van der Waals surface area (Å²) < 4.78 is 0. The lowest BCUT2D eigenvalue weighted by Gasteiger charge is -2.38. The van der Waals surface area contributed by atoms with Gasteiger partial charge in [-0.1, -0.05) is 31.5 Å². The number of hydrogen-bond donors (Lipinski definition) is 1. The third kappa shape index (κ3) is 4.76. The summed E-state index contributed by atoms with van der Waals surface area (Å²) in [7, 11) is 0. The van der Waals surface area contributed by atoms with Crippen LogP contribution in [-0.2, 0) is 4.79 Å². The topological polar surface area (TPSA) is 40.5 Å². The summed E-state index contributed by atoms with van der Waals surface area (Å²) in [5, 5.41) is 8.86. The van der Waals surface area contributed by atoms with Crippen molar-refractivity contribution in [2.75, 3.05) is 11.4 Å². The van der Waals surface area contributed by atoms with Crippen LogP contribution in [0.25, 0.3) is 0 Å². The summed E-state index contributed by atoms with van der Waals surface area (Å²) in [4.78, 5) is 13.2. The molecule has 3 heteroatoms. The Morgan fingerprint density at radius 3 is 2.43 bits per heavy atom. The average molecular weight is 289 g/mol. The number of para-hydroxylation sites is 1. The number of rotatable bonds is 7. The van der Waals surface area contributed by atoms with E-state index in [-0.39, 0.29) is 6.42 Å². The average Bonchev–Trinajstić information content (AvgIpc) is 2.52. The second-order valence-corrected chi connectivity index (χ2v) is 6.11. The molecule has 1 fully saturated rings. The van der Waals surface area contributed by atoms with E-state index in [4.69, 9.17) is 5.11 Å². The number of aliphatic carboxylic acids is 1. The minimum absolute atomic E-state index is 0.258. The molecule has 0 spiro atoms. The van der Waals surface area contributed by atoms with E-state index < -0.39 is 5.97 Å². The van der Waals surface area contributed by atoms with Crippen LogP contribution >= 0.6 is 0 Å². The number of nitrogens with zero attached hydrogens (tertiary/aromatic N) is 1. The number of carbonyl (C=O) groups is 1. The largest absolute Gasteiger partial charge is 0.481 e. The van der Waals surface area contributed by atoms with Gasteiger partial charge in [-0.2, -0.15) is 0 Å². The maximum Gasteiger partial charge on any atom is 0.303 e. The van der Waals surface area contributed by atoms with Crippen molar-refractivity contribution in [3.63, 3.8) is 0 Å². The van der Waals surface area contributed by atoms with Gasteiger partial charge in [0.2, 0.25) is 0 Å². The molecule has 0 aliphatic heterocycles. The zero-order valence-electron chi connectivity index (χ0n) is 13.0. The third-order valence-corrected chi connectivity index (χ3v) is 4.71. The highest BCUT2D eigenvalue weighted by Gasteiger charge is 2.25. The van der Waals surface area contributed by atoms with Gasteiger partial charge >= 0.3 is 5.97 Å². The molecule has 0 heterocycles. The van der Waals surface area contributed by atoms with E-state index in [0.717, 1.165) is 18.9 Å². The van der Waals surface area contributed by atoms with Crippen molar-refractivity contribution in [3.8, 4) is 0 Å². The molecule has 116 valence electrons. The Morgan fingerprint density at radius 1 is 1.19 bits per heavy atom. The van der Waals surface area contributed by atoms with Crippen LogP contribution in [-0.4, -0.2) is 23.7 Å². The van der Waals surface area contributed by atoms with Crippen LogP contribution in [0.1, 0.15) is 51.9 Å². The molecule has 0 saturated heterocycles. The van der Waals surface area contributed by atoms with E-state index in [1.165, 1.54) is 37.8 Å². The first-order valence-corrected chi connectivity index (χ1v) is 8.24. The van der Waals surface area contributed by atoms with Crippen molar-refractivity contribution in [3.05, 3.63) is 30.3 Å². The molecule has 0 atom stereocenters. The number of carboxylic acid groups (broad SMARTS) is 1.